The number of para-hydroxylation sites is 1. The number of nitrogens with zero attached hydrogens (tertiary/aromatic N) is 1. The molecule has 0 fully saturated rings. The average Bonchev–Trinajstić information content (AvgIpc) is 2.40. The fraction of sp³-hybridized carbons (Fsp3) is 0.188. The van der Waals surface area contributed by atoms with Crippen molar-refractivity contribution in [2.75, 3.05) is 10.2 Å². The highest BCUT2D eigenvalue weighted by atomic mass is 35.5. The number of hydrogen-bond donors (Lipinski definition) is 1. The van der Waals surface area contributed by atoms with Gasteiger partial charge in [0.2, 0.25) is 0 Å². The van der Waals surface area contributed by atoms with Crippen LogP contribution in [-0.4, -0.2) is 10.7 Å². The predicted octanol–water partition coefficient (Wildman–Crippen LogP) is 4.68. The first kappa shape index (κ1) is 13.4. The molecule has 0 unspecified atom stereocenters. The molecule has 3 rings (SSSR count). The quantitative estimate of drug-likeness (QED) is 0.770. The highest BCUT2D eigenvalue weighted by Gasteiger charge is 2.35. The summed E-state index contributed by atoms with van der Waals surface area (Å²) in [6.45, 7) is 4.23. The Morgan fingerprint density at radius 3 is 2.40 bits per heavy atom. The second-order valence-electron chi connectivity index (χ2n) is 5.35. The Morgan fingerprint density at radius 2 is 1.70 bits per heavy atom. The van der Waals surface area contributed by atoms with Crippen LogP contribution in [0.15, 0.2) is 48.5 Å². The van der Waals surface area contributed by atoms with E-state index in [1.165, 1.54) is 0 Å². The third-order valence-corrected chi connectivity index (χ3v) is 4.10. The van der Waals surface area contributed by atoms with Crippen molar-refractivity contribution in [3.8, 4) is 0 Å². The van der Waals surface area contributed by atoms with E-state index < -0.39 is 0 Å². The van der Waals surface area contributed by atoms with E-state index in [-0.39, 0.29) is 5.66 Å². The molecule has 1 aliphatic heterocycles. The molecule has 2 nitrogen and oxygen atoms in total. The van der Waals surface area contributed by atoms with Gasteiger partial charge in [0, 0.05) is 22.0 Å². The highest BCUT2D eigenvalue weighted by molar-refractivity contribution is 7.81. The SMILES string of the molecule is CC1(C)Nc2ccccc2C(=S)N1c1ccc(Cl)cc1. The van der Waals surface area contributed by atoms with Crippen molar-refractivity contribution in [3.63, 3.8) is 0 Å². The lowest BCUT2D eigenvalue weighted by atomic mass is 10.0. The Labute approximate surface area is 129 Å². The molecule has 0 radical (unpaired) electrons. The maximum atomic E-state index is 5.97. The molecule has 102 valence electrons. The summed E-state index contributed by atoms with van der Waals surface area (Å²) in [6.07, 6.45) is 0. The smallest absolute Gasteiger partial charge is 0.117 e. The van der Waals surface area contributed by atoms with E-state index in [9.17, 15) is 0 Å². The molecule has 0 atom stereocenters. The van der Waals surface area contributed by atoms with Crippen LogP contribution >= 0.6 is 23.8 Å². The fourth-order valence-electron chi connectivity index (χ4n) is 2.57. The van der Waals surface area contributed by atoms with Crippen LogP contribution in [-0.2, 0) is 0 Å². The molecule has 1 aliphatic rings. The van der Waals surface area contributed by atoms with Crippen molar-refractivity contribution in [1.82, 2.24) is 0 Å². The number of fused-ring (bicyclic) bond motifs is 1. The zero-order chi connectivity index (χ0) is 14.3. The van der Waals surface area contributed by atoms with Gasteiger partial charge in [0.25, 0.3) is 0 Å². The summed E-state index contributed by atoms with van der Waals surface area (Å²) in [6, 6.07) is 15.9. The third kappa shape index (κ3) is 2.17. The largest absolute Gasteiger partial charge is 0.362 e. The lowest BCUT2D eigenvalue weighted by Gasteiger charge is -2.46. The summed E-state index contributed by atoms with van der Waals surface area (Å²) >= 11 is 11.7. The second kappa shape index (κ2) is 4.76. The van der Waals surface area contributed by atoms with Crippen LogP contribution in [0.25, 0.3) is 0 Å². The fourth-order valence-corrected chi connectivity index (χ4v) is 3.21. The maximum absolute atomic E-state index is 5.97. The number of nitrogens with one attached hydrogen (secondary N) is 1. The standard InChI is InChI=1S/C16H15ClN2S/c1-16(2)18-14-6-4-3-5-13(14)15(20)19(16)12-9-7-11(17)8-10-12/h3-10,18H,1-2H3. The molecule has 0 spiro atoms. The van der Waals surface area contributed by atoms with Gasteiger partial charge < -0.3 is 10.2 Å². The van der Waals surface area contributed by atoms with Crippen LogP contribution < -0.4 is 10.2 Å². The normalized spacial score (nSPS) is 16.6. The van der Waals surface area contributed by atoms with Crippen LogP contribution in [0.5, 0.6) is 0 Å². The molecule has 0 bridgehead atoms. The molecule has 2 aromatic carbocycles. The van der Waals surface area contributed by atoms with E-state index in [1.807, 2.05) is 42.5 Å². The van der Waals surface area contributed by atoms with Crippen LogP contribution in [0.1, 0.15) is 19.4 Å². The summed E-state index contributed by atoms with van der Waals surface area (Å²) in [5.41, 5.74) is 2.87. The Balaban J connectivity index is 2.11. The number of halogens is 1. The van der Waals surface area contributed by atoms with E-state index in [1.54, 1.807) is 0 Å². The van der Waals surface area contributed by atoms with Crippen molar-refractivity contribution < 1.29 is 0 Å². The zero-order valence-corrected chi connectivity index (χ0v) is 12.9. The lowest BCUT2D eigenvalue weighted by molar-refractivity contribution is 0.585. The first-order valence-electron chi connectivity index (χ1n) is 6.46. The van der Waals surface area contributed by atoms with Gasteiger partial charge in [-0.15, -0.1) is 0 Å². The summed E-state index contributed by atoms with van der Waals surface area (Å²) in [7, 11) is 0. The summed E-state index contributed by atoms with van der Waals surface area (Å²) in [4.78, 5) is 2.95. The first-order valence-corrected chi connectivity index (χ1v) is 7.25. The van der Waals surface area contributed by atoms with Crippen molar-refractivity contribution in [2.24, 2.45) is 0 Å². The van der Waals surface area contributed by atoms with Gasteiger partial charge in [-0.05, 0) is 50.2 Å². The molecular weight excluding hydrogens is 288 g/mol. The summed E-state index contributed by atoms with van der Waals surface area (Å²) < 4.78 is 0. The molecule has 4 heteroatoms. The van der Waals surface area contributed by atoms with Crippen LogP contribution in [0.4, 0.5) is 11.4 Å². The van der Waals surface area contributed by atoms with Crippen molar-refractivity contribution in [2.45, 2.75) is 19.5 Å². The number of thiocarbonyl (C=S) groups is 1. The molecule has 0 saturated carbocycles. The minimum Gasteiger partial charge on any atom is -0.362 e. The minimum absolute atomic E-state index is 0.292. The van der Waals surface area contributed by atoms with Crippen LogP contribution in [0, 0.1) is 0 Å². The van der Waals surface area contributed by atoms with Crippen LogP contribution in [0.3, 0.4) is 0 Å². The van der Waals surface area contributed by atoms with E-state index in [0.717, 1.165) is 26.9 Å². The van der Waals surface area contributed by atoms with E-state index in [2.05, 4.69) is 30.1 Å². The molecule has 1 heterocycles. The molecule has 0 aromatic heterocycles. The monoisotopic (exact) mass is 302 g/mol. The predicted molar refractivity (Wildman–Crippen MR) is 89.8 cm³/mol. The van der Waals surface area contributed by atoms with Crippen molar-refractivity contribution >= 4 is 40.2 Å². The topological polar surface area (TPSA) is 15.3 Å². The Bertz CT molecular complexity index is 664. The van der Waals surface area contributed by atoms with Gasteiger partial charge in [0.1, 0.15) is 10.7 Å². The van der Waals surface area contributed by atoms with Gasteiger partial charge in [0.05, 0.1) is 0 Å². The van der Waals surface area contributed by atoms with Crippen molar-refractivity contribution in [3.05, 3.63) is 59.1 Å². The van der Waals surface area contributed by atoms with Gasteiger partial charge >= 0.3 is 0 Å². The maximum Gasteiger partial charge on any atom is 0.117 e. The zero-order valence-electron chi connectivity index (χ0n) is 11.4. The van der Waals surface area contributed by atoms with E-state index in [0.29, 0.717) is 0 Å². The first-order chi connectivity index (χ1) is 9.49. The Hall–Kier alpha value is -1.58. The Morgan fingerprint density at radius 1 is 1.05 bits per heavy atom. The Kier molecular flexibility index (Phi) is 3.19. The molecule has 20 heavy (non-hydrogen) atoms. The second-order valence-corrected chi connectivity index (χ2v) is 6.17. The molecule has 0 amide bonds. The van der Waals surface area contributed by atoms with E-state index in [4.69, 9.17) is 23.8 Å². The van der Waals surface area contributed by atoms with Crippen LogP contribution in [0.2, 0.25) is 5.02 Å². The average molecular weight is 303 g/mol. The number of rotatable bonds is 1. The molecular formula is C16H15ClN2S. The van der Waals surface area contributed by atoms with Gasteiger partial charge in [-0.1, -0.05) is 36.0 Å². The van der Waals surface area contributed by atoms with Gasteiger partial charge in [0.15, 0.2) is 0 Å². The number of hydrogen-bond acceptors (Lipinski definition) is 2. The molecule has 2 aromatic rings. The van der Waals surface area contributed by atoms with Gasteiger partial charge in [-0.25, -0.2) is 0 Å². The minimum atomic E-state index is -0.292. The molecule has 0 aliphatic carbocycles. The van der Waals surface area contributed by atoms with Crippen molar-refractivity contribution in [1.29, 1.82) is 0 Å². The van der Waals surface area contributed by atoms with E-state index >= 15 is 0 Å². The number of benzene rings is 2. The number of anilines is 2. The van der Waals surface area contributed by atoms with Gasteiger partial charge in [-0.3, -0.25) is 0 Å². The summed E-state index contributed by atoms with van der Waals surface area (Å²) in [5.74, 6) is 0. The molecule has 1 N–H and O–H groups in total. The lowest BCUT2D eigenvalue weighted by Crippen LogP contribution is -2.56. The third-order valence-electron chi connectivity index (χ3n) is 3.44. The van der Waals surface area contributed by atoms with Gasteiger partial charge in [-0.2, -0.15) is 0 Å². The summed E-state index contributed by atoms with van der Waals surface area (Å²) in [5, 5.41) is 4.26. The highest BCUT2D eigenvalue weighted by Crippen LogP contribution is 2.35. The molecule has 0 saturated heterocycles.